The number of hydrogen-bond acceptors (Lipinski definition) is 2. The summed E-state index contributed by atoms with van der Waals surface area (Å²) in [5.41, 5.74) is 0. The Hall–Kier alpha value is -0.220. The molecule has 1 rings (SSSR count). The maximum Gasteiger partial charge on any atom is 0.231 e. The zero-order valence-corrected chi connectivity index (χ0v) is 6.45. The van der Waals surface area contributed by atoms with Gasteiger partial charge in [-0.3, -0.25) is 0 Å². The highest BCUT2D eigenvalue weighted by atomic mass is 79.9. The first kappa shape index (κ1) is 6.89. The molecule has 0 amide bonds. The largest absolute Gasteiger partial charge is 0.231 e. The van der Waals surface area contributed by atoms with E-state index in [1.807, 2.05) is 0 Å². The highest BCUT2D eigenvalue weighted by molar-refractivity contribution is 9.10. The highest BCUT2D eigenvalue weighted by Gasteiger charge is 1.99. The van der Waals surface area contributed by atoms with E-state index < -0.39 is 5.95 Å². The summed E-state index contributed by atoms with van der Waals surface area (Å²) in [4.78, 5) is 6.72. The molecule has 0 bridgehead atoms. The third-order valence-corrected chi connectivity index (χ3v) is 1.39. The molecule has 0 aliphatic carbocycles. The van der Waals surface area contributed by atoms with Gasteiger partial charge in [0.05, 0.1) is 4.47 Å². The van der Waals surface area contributed by atoms with E-state index in [-0.39, 0.29) is 9.76 Å². The van der Waals surface area contributed by atoms with Crippen molar-refractivity contribution in [3.8, 4) is 0 Å². The summed E-state index contributed by atoms with van der Waals surface area (Å²) >= 11 is 8.10. The van der Waals surface area contributed by atoms with Crippen LogP contribution >= 0.6 is 27.5 Å². The Kier molecular flexibility index (Phi) is 1.97. The van der Waals surface area contributed by atoms with Crippen molar-refractivity contribution in [3.05, 3.63) is 21.9 Å². The Bertz CT molecular complexity index is 230. The molecule has 1 aromatic rings. The average molecular weight is 211 g/mol. The Morgan fingerprint density at radius 3 is 2.78 bits per heavy atom. The SMILES string of the molecule is Fc1nc(Cl)ncc1Br. The number of hydrogen-bond donors (Lipinski definition) is 0. The van der Waals surface area contributed by atoms with Crippen molar-refractivity contribution in [1.82, 2.24) is 9.97 Å². The fraction of sp³-hybridized carbons (Fsp3) is 0. The summed E-state index contributed by atoms with van der Waals surface area (Å²) in [6.07, 6.45) is 1.25. The van der Waals surface area contributed by atoms with Crippen LogP contribution in [0.3, 0.4) is 0 Å². The predicted octanol–water partition coefficient (Wildman–Crippen LogP) is 2.03. The first-order valence-corrected chi connectivity index (χ1v) is 3.21. The molecule has 0 radical (unpaired) electrons. The van der Waals surface area contributed by atoms with E-state index in [0.29, 0.717) is 0 Å². The van der Waals surface area contributed by atoms with Crippen LogP contribution < -0.4 is 0 Å². The number of rotatable bonds is 0. The zero-order valence-electron chi connectivity index (χ0n) is 4.11. The molecule has 0 saturated carbocycles. The Morgan fingerprint density at radius 2 is 2.33 bits per heavy atom. The van der Waals surface area contributed by atoms with Gasteiger partial charge in [-0.15, -0.1) is 0 Å². The molecule has 5 heteroatoms. The molecule has 0 unspecified atom stereocenters. The van der Waals surface area contributed by atoms with Crippen molar-refractivity contribution < 1.29 is 4.39 Å². The third-order valence-electron chi connectivity index (χ3n) is 0.672. The topological polar surface area (TPSA) is 25.8 Å². The maximum atomic E-state index is 12.3. The lowest BCUT2D eigenvalue weighted by molar-refractivity contribution is 0.572. The van der Waals surface area contributed by atoms with Crippen LogP contribution in [0.25, 0.3) is 0 Å². The van der Waals surface area contributed by atoms with Gasteiger partial charge in [0, 0.05) is 6.20 Å². The summed E-state index contributed by atoms with van der Waals surface area (Å²) in [5.74, 6) is -0.644. The standard InChI is InChI=1S/C4HBrClFN2/c5-2-1-8-4(6)9-3(2)7/h1H. The summed E-state index contributed by atoms with van der Waals surface area (Å²) in [7, 11) is 0. The molecule has 0 N–H and O–H groups in total. The lowest BCUT2D eigenvalue weighted by Crippen LogP contribution is -1.86. The van der Waals surface area contributed by atoms with Crippen molar-refractivity contribution in [2.75, 3.05) is 0 Å². The van der Waals surface area contributed by atoms with E-state index in [0.717, 1.165) is 0 Å². The van der Waals surface area contributed by atoms with E-state index in [2.05, 4.69) is 25.9 Å². The molecule has 0 aromatic carbocycles. The summed E-state index contributed by atoms with van der Waals surface area (Å²) in [5, 5.41) is -0.0873. The van der Waals surface area contributed by atoms with Gasteiger partial charge >= 0.3 is 0 Å². The minimum atomic E-state index is -0.644. The third kappa shape index (κ3) is 1.59. The molecular formula is C4HBrClFN2. The number of halogens is 3. The van der Waals surface area contributed by atoms with Gasteiger partial charge in [0.1, 0.15) is 0 Å². The Balaban J connectivity index is 3.17. The predicted molar refractivity (Wildman–Crippen MR) is 34.7 cm³/mol. The summed E-state index contributed by atoms with van der Waals surface area (Å²) < 4.78 is 12.5. The molecular weight excluding hydrogens is 210 g/mol. The molecule has 1 aromatic heterocycles. The van der Waals surface area contributed by atoms with Crippen LogP contribution in [0, 0.1) is 5.95 Å². The summed E-state index contributed by atoms with van der Waals surface area (Å²) in [6.45, 7) is 0. The van der Waals surface area contributed by atoms with Crippen LogP contribution in [0.4, 0.5) is 4.39 Å². The van der Waals surface area contributed by atoms with Gasteiger partial charge in [0.15, 0.2) is 0 Å². The van der Waals surface area contributed by atoms with E-state index >= 15 is 0 Å². The van der Waals surface area contributed by atoms with Gasteiger partial charge in [-0.25, -0.2) is 4.98 Å². The molecule has 0 saturated heterocycles. The zero-order chi connectivity index (χ0) is 6.85. The normalized spacial score (nSPS) is 9.67. The van der Waals surface area contributed by atoms with Crippen molar-refractivity contribution in [2.45, 2.75) is 0 Å². The van der Waals surface area contributed by atoms with Crippen LogP contribution in [-0.2, 0) is 0 Å². The first-order valence-electron chi connectivity index (χ1n) is 2.03. The van der Waals surface area contributed by atoms with Crippen molar-refractivity contribution in [3.63, 3.8) is 0 Å². The maximum absolute atomic E-state index is 12.3. The fourth-order valence-electron chi connectivity index (χ4n) is 0.326. The monoisotopic (exact) mass is 210 g/mol. The van der Waals surface area contributed by atoms with Gasteiger partial charge in [-0.1, -0.05) is 0 Å². The minimum Gasteiger partial charge on any atom is -0.225 e. The smallest absolute Gasteiger partial charge is 0.225 e. The van der Waals surface area contributed by atoms with Gasteiger partial charge in [-0.2, -0.15) is 9.37 Å². The van der Waals surface area contributed by atoms with Crippen molar-refractivity contribution >= 4 is 27.5 Å². The van der Waals surface area contributed by atoms with Crippen LogP contribution in [-0.4, -0.2) is 9.97 Å². The number of aromatic nitrogens is 2. The molecule has 2 nitrogen and oxygen atoms in total. The van der Waals surface area contributed by atoms with Crippen LogP contribution in [0.15, 0.2) is 10.7 Å². The number of nitrogens with zero attached hydrogens (tertiary/aromatic N) is 2. The molecule has 0 atom stereocenters. The second-order valence-electron chi connectivity index (χ2n) is 1.28. The van der Waals surface area contributed by atoms with Crippen LogP contribution in [0.2, 0.25) is 5.28 Å². The average Bonchev–Trinajstić information content (AvgIpc) is 1.80. The molecule has 0 aliphatic heterocycles. The fourth-order valence-corrected chi connectivity index (χ4v) is 0.641. The second-order valence-corrected chi connectivity index (χ2v) is 2.47. The Morgan fingerprint density at radius 1 is 1.67 bits per heavy atom. The lowest BCUT2D eigenvalue weighted by Gasteiger charge is -1.89. The van der Waals surface area contributed by atoms with Gasteiger partial charge < -0.3 is 0 Å². The molecule has 0 fully saturated rings. The van der Waals surface area contributed by atoms with E-state index in [9.17, 15) is 4.39 Å². The second kappa shape index (κ2) is 2.58. The first-order chi connectivity index (χ1) is 4.20. The summed E-state index contributed by atoms with van der Waals surface area (Å²) in [6, 6.07) is 0. The van der Waals surface area contributed by atoms with Crippen molar-refractivity contribution in [2.24, 2.45) is 0 Å². The quantitative estimate of drug-likeness (QED) is 0.485. The Labute approximate surface area is 64.2 Å². The van der Waals surface area contributed by atoms with Gasteiger partial charge in [-0.05, 0) is 27.5 Å². The van der Waals surface area contributed by atoms with E-state index in [4.69, 9.17) is 11.6 Å². The molecule has 0 spiro atoms. The van der Waals surface area contributed by atoms with Crippen LogP contribution in [0.5, 0.6) is 0 Å². The van der Waals surface area contributed by atoms with Gasteiger partial charge in [0.25, 0.3) is 0 Å². The molecule has 48 valence electrons. The molecule has 1 heterocycles. The van der Waals surface area contributed by atoms with Crippen molar-refractivity contribution in [1.29, 1.82) is 0 Å². The molecule has 9 heavy (non-hydrogen) atoms. The molecule has 0 aliphatic rings. The lowest BCUT2D eigenvalue weighted by atomic mass is 10.7. The van der Waals surface area contributed by atoms with Gasteiger partial charge in [0.2, 0.25) is 11.2 Å². The highest BCUT2D eigenvalue weighted by Crippen LogP contribution is 2.12. The van der Waals surface area contributed by atoms with Crippen LogP contribution in [0.1, 0.15) is 0 Å². The minimum absolute atomic E-state index is 0.0873. The van der Waals surface area contributed by atoms with E-state index in [1.165, 1.54) is 6.20 Å². The van der Waals surface area contributed by atoms with E-state index in [1.54, 1.807) is 0 Å².